The topological polar surface area (TPSA) is 53.4 Å². The maximum Gasteiger partial charge on any atom is 0.0843 e. The summed E-state index contributed by atoms with van der Waals surface area (Å²) in [6, 6.07) is 25.5. The number of aliphatic hydroxyl groups excluding tert-OH is 1. The maximum absolute atomic E-state index is 10.8. The average Bonchev–Trinajstić information content (AvgIpc) is 2.97. The number of fused-ring (bicyclic) bond motifs is 1. The van der Waals surface area contributed by atoms with Crippen LogP contribution >= 0.6 is 11.6 Å². The second-order valence-electron chi connectivity index (χ2n) is 8.85. The zero-order valence-corrected chi connectivity index (χ0v) is 25.6. The highest BCUT2D eigenvalue weighted by Gasteiger charge is 2.20. The zero-order chi connectivity index (χ0) is 29.4. The van der Waals surface area contributed by atoms with Crippen molar-refractivity contribution in [3.05, 3.63) is 112 Å². The SMILES string of the molecule is CC.CC.CC.CC(C)(O)c1ccccc1CC[C@H](O)c1cccc(/C=C/c2ccc3ccc(Cl)cc3n2)c1. The van der Waals surface area contributed by atoms with Crippen LogP contribution in [-0.4, -0.2) is 15.2 Å². The first-order chi connectivity index (χ1) is 18.8. The van der Waals surface area contributed by atoms with Crippen LogP contribution in [0.4, 0.5) is 0 Å². The van der Waals surface area contributed by atoms with Crippen LogP contribution in [0.2, 0.25) is 5.02 Å². The van der Waals surface area contributed by atoms with E-state index in [2.05, 4.69) is 4.98 Å². The number of halogens is 1. The van der Waals surface area contributed by atoms with Gasteiger partial charge in [0.1, 0.15) is 0 Å². The molecule has 1 heterocycles. The van der Waals surface area contributed by atoms with Gasteiger partial charge in [0.15, 0.2) is 0 Å². The van der Waals surface area contributed by atoms with Crippen LogP contribution in [0.3, 0.4) is 0 Å². The number of aryl methyl sites for hydroxylation is 1. The van der Waals surface area contributed by atoms with Gasteiger partial charge in [-0.1, -0.05) is 114 Å². The standard InChI is InChI=1S/C29H28ClNO2.3C2H6/c1-29(2,33)26-9-4-3-7-21(26)13-17-28(32)23-8-5-6-20(18-23)10-15-25-16-12-22-11-14-24(30)19-27(22)31-25;3*1-2/h3-12,14-16,18-19,28,32-33H,13,17H2,1-2H3;3*1-2H3/b15-10+;;;/t28-;;;/m0.../s1. The second-order valence-corrected chi connectivity index (χ2v) is 9.28. The molecular weight excluding hydrogens is 502 g/mol. The third kappa shape index (κ3) is 10.6. The van der Waals surface area contributed by atoms with Gasteiger partial charge in [0.05, 0.1) is 22.9 Å². The van der Waals surface area contributed by atoms with Crippen LogP contribution in [-0.2, 0) is 12.0 Å². The molecule has 0 spiro atoms. The van der Waals surface area contributed by atoms with Gasteiger partial charge in [0.25, 0.3) is 0 Å². The molecule has 0 amide bonds. The van der Waals surface area contributed by atoms with E-state index in [1.807, 2.05) is 133 Å². The number of rotatable bonds is 7. The van der Waals surface area contributed by atoms with E-state index in [1.165, 1.54) is 0 Å². The molecule has 0 fully saturated rings. The monoisotopic (exact) mass is 547 g/mol. The summed E-state index contributed by atoms with van der Waals surface area (Å²) in [6.45, 7) is 15.6. The van der Waals surface area contributed by atoms with Crippen molar-refractivity contribution in [1.82, 2.24) is 4.98 Å². The molecule has 0 bridgehead atoms. The van der Waals surface area contributed by atoms with Gasteiger partial charge in [-0.15, -0.1) is 0 Å². The third-order valence-electron chi connectivity index (χ3n) is 5.78. The van der Waals surface area contributed by atoms with Crippen molar-refractivity contribution >= 4 is 34.7 Å². The van der Waals surface area contributed by atoms with Crippen molar-refractivity contribution < 1.29 is 10.2 Å². The zero-order valence-electron chi connectivity index (χ0n) is 24.9. The molecule has 1 atom stereocenters. The van der Waals surface area contributed by atoms with E-state index in [0.717, 1.165) is 38.9 Å². The number of aliphatic hydroxyl groups is 2. The molecule has 3 aromatic carbocycles. The van der Waals surface area contributed by atoms with E-state index in [-0.39, 0.29) is 0 Å². The van der Waals surface area contributed by atoms with Crippen LogP contribution in [0.25, 0.3) is 23.1 Å². The van der Waals surface area contributed by atoms with Gasteiger partial charge in [-0.2, -0.15) is 0 Å². The van der Waals surface area contributed by atoms with Crippen molar-refractivity contribution in [2.45, 2.75) is 79.9 Å². The van der Waals surface area contributed by atoms with Gasteiger partial charge in [-0.3, -0.25) is 0 Å². The normalized spacial score (nSPS) is 11.5. The van der Waals surface area contributed by atoms with Crippen LogP contribution < -0.4 is 0 Å². The van der Waals surface area contributed by atoms with Gasteiger partial charge in [0, 0.05) is 10.4 Å². The first-order valence-corrected chi connectivity index (χ1v) is 14.5. The van der Waals surface area contributed by atoms with Crippen LogP contribution in [0.5, 0.6) is 0 Å². The molecule has 1 aromatic heterocycles. The minimum Gasteiger partial charge on any atom is -0.388 e. The van der Waals surface area contributed by atoms with E-state index in [1.54, 1.807) is 13.8 Å². The summed E-state index contributed by atoms with van der Waals surface area (Å²) in [5, 5.41) is 23.0. The fourth-order valence-electron chi connectivity index (χ4n) is 4.04. The largest absolute Gasteiger partial charge is 0.388 e. The number of pyridine rings is 1. The van der Waals surface area contributed by atoms with Crippen molar-refractivity contribution in [3.63, 3.8) is 0 Å². The lowest BCUT2D eigenvalue weighted by Crippen LogP contribution is -2.18. The minimum atomic E-state index is -0.908. The van der Waals surface area contributed by atoms with E-state index < -0.39 is 11.7 Å². The summed E-state index contributed by atoms with van der Waals surface area (Å²) in [6.07, 6.45) is 4.64. The molecule has 4 rings (SSSR count). The molecular formula is C35H46ClNO2. The molecule has 4 aromatic rings. The first-order valence-electron chi connectivity index (χ1n) is 14.1. The molecule has 0 saturated carbocycles. The van der Waals surface area contributed by atoms with Gasteiger partial charge < -0.3 is 10.2 Å². The molecule has 0 saturated heterocycles. The molecule has 39 heavy (non-hydrogen) atoms. The maximum atomic E-state index is 10.8. The van der Waals surface area contributed by atoms with E-state index >= 15 is 0 Å². The van der Waals surface area contributed by atoms with E-state index in [4.69, 9.17) is 11.6 Å². The summed E-state index contributed by atoms with van der Waals surface area (Å²) in [5.41, 5.74) is 4.63. The predicted molar refractivity (Wildman–Crippen MR) is 171 cm³/mol. The van der Waals surface area contributed by atoms with E-state index in [9.17, 15) is 10.2 Å². The smallest absolute Gasteiger partial charge is 0.0843 e. The lowest BCUT2D eigenvalue weighted by Gasteiger charge is -2.22. The number of aromatic nitrogens is 1. The van der Waals surface area contributed by atoms with Crippen molar-refractivity contribution in [1.29, 1.82) is 0 Å². The molecule has 4 heteroatoms. The summed E-state index contributed by atoms with van der Waals surface area (Å²) in [4.78, 5) is 4.66. The Morgan fingerprint density at radius 1 is 0.821 bits per heavy atom. The summed E-state index contributed by atoms with van der Waals surface area (Å²) in [5.74, 6) is 0. The number of hydrogen-bond acceptors (Lipinski definition) is 3. The van der Waals surface area contributed by atoms with Crippen LogP contribution in [0, 0.1) is 0 Å². The summed E-state index contributed by atoms with van der Waals surface area (Å²) in [7, 11) is 0. The lowest BCUT2D eigenvalue weighted by atomic mass is 9.90. The van der Waals surface area contributed by atoms with Crippen LogP contribution in [0.1, 0.15) is 95.9 Å². The minimum absolute atomic E-state index is 0.577. The highest BCUT2D eigenvalue weighted by atomic mass is 35.5. The Morgan fingerprint density at radius 2 is 1.49 bits per heavy atom. The number of benzene rings is 3. The summed E-state index contributed by atoms with van der Waals surface area (Å²) >= 11 is 6.09. The lowest BCUT2D eigenvalue weighted by molar-refractivity contribution is 0.0772. The molecule has 210 valence electrons. The average molecular weight is 548 g/mol. The molecule has 0 unspecified atom stereocenters. The molecule has 3 nitrogen and oxygen atoms in total. The Balaban J connectivity index is 0.00000119. The van der Waals surface area contributed by atoms with Gasteiger partial charge in [-0.05, 0) is 79.3 Å². The Kier molecular flexibility index (Phi) is 15.3. The highest BCUT2D eigenvalue weighted by molar-refractivity contribution is 6.31. The molecule has 0 aliphatic carbocycles. The number of hydrogen-bond donors (Lipinski definition) is 2. The van der Waals surface area contributed by atoms with Gasteiger partial charge >= 0.3 is 0 Å². The van der Waals surface area contributed by atoms with Crippen LogP contribution in [0.15, 0.2) is 78.9 Å². The van der Waals surface area contributed by atoms with Crippen molar-refractivity contribution in [2.75, 3.05) is 0 Å². The first kappa shape index (κ1) is 34.0. The molecule has 0 aliphatic rings. The Labute approximate surface area is 241 Å². The highest BCUT2D eigenvalue weighted by Crippen LogP contribution is 2.27. The van der Waals surface area contributed by atoms with Gasteiger partial charge in [-0.25, -0.2) is 4.98 Å². The Hall–Kier alpha value is -2.98. The number of nitrogens with zero attached hydrogens (tertiary/aromatic N) is 1. The molecule has 0 aliphatic heterocycles. The predicted octanol–water partition coefficient (Wildman–Crippen LogP) is 10.0. The second kappa shape index (κ2) is 17.6. The molecule has 2 N–H and O–H groups in total. The summed E-state index contributed by atoms with van der Waals surface area (Å²) < 4.78 is 0. The van der Waals surface area contributed by atoms with Crippen molar-refractivity contribution in [3.8, 4) is 0 Å². The Morgan fingerprint density at radius 3 is 2.18 bits per heavy atom. The fourth-order valence-corrected chi connectivity index (χ4v) is 4.21. The Bertz CT molecular complexity index is 1290. The quantitative estimate of drug-likeness (QED) is 0.242. The third-order valence-corrected chi connectivity index (χ3v) is 6.02. The van der Waals surface area contributed by atoms with Gasteiger partial charge in [0.2, 0.25) is 0 Å². The molecule has 0 radical (unpaired) electrons. The fraction of sp³-hybridized carbons (Fsp3) is 0.343. The van der Waals surface area contributed by atoms with Crippen molar-refractivity contribution in [2.24, 2.45) is 0 Å². The van der Waals surface area contributed by atoms with E-state index in [0.29, 0.717) is 17.9 Å².